The van der Waals surface area contributed by atoms with Crippen molar-refractivity contribution in [1.29, 1.82) is 0 Å². The molecule has 0 saturated heterocycles. The largest absolute Gasteiger partial charge is 0.451 e. The van der Waals surface area contributed by atoms with Crippen molar-refractivity contribution in [3.05, 3.63) is 60.5 Å². The molecule has 0 aliphatic carbocycles. The van der Waals surface area contributed by atoms with Gasteiger partial charge in [0.25, 0.3) is 5.91 Å². The van der Waals surface area contributed by atoms with Gasteiger partial charge in [0.05, 0.1) is 0 Å². The number of carbonyl (C=O) groups is 2. The number of nitrogens with one attached hydrogen (secondary N) is 2. The molecule has 1 aromatic carbocycles. The molecule has 3 rings (SSSR count). The highest BCUT2D eigenvalue weighted by Crippen LogP contribution is 2.18. The topological polar surface area (TPSA) is 84.2 Å². The van der Waals surface area contributed by atoms with Crippen LogP contribution in [0.25, 0.3) is 11.0 Å². The van der Waals surface area contributed by atoms with Gasteiger partial charge in [-0.05, 0) is 31.2 Å². The summed E-state index contributed by atoms with van der Waals surface area (Å²) in [7, 11) is 0. The van der Waals surface area contributed by atoms with Gasteiger partial charge in [-0.2, -0.15) is 0 Å². The van der Waals surface area contributed by atoms with E-state index in [9.17, 15) is 9.59 Å². The average molecular weight is 309 g/mol. The highest BCUT2D eigenvalue weighted by atomic mass is 16.3. The Labute approximate surface area is 132 Å². The molecule has 2 heterocycles. The summed E-state index contributed by atoms with van der Waals surface area (Å²) in [5, 5.41) is 6.07. The summed E-state index contributed by atoms with van der Waals surface area (Å²) in [6.45, 7) is 1.60. The zero-order chi connectivity index (χ0) is 16.2. The quantitative estimate of drug-likeness (QED) is 0.776. The van der Waals surface area contributed by atoms with E-state index < -0.39 is 11.9 Å². The van der Waals surface area contributed by atoms with E-state index in [1.54, 1.807) is 43.5 Å². The highest BCUT2D eigenvalue weighted by Gasteiger charge is 2.19. The molecule has 2 aromatic heterocycles. The number of hydrogen-bond acceptors (Lipinski definition) is 4. The van der Waals surface area contributed by atoms with E-state index in [0.29, 0.717) is 11.4 Å². The molecule has 0 spiro atoms. The van der Waals surface area contributed by atoms with Gasteiger partial charge in [0, 0.05) is 11.6 Å². The average Bonchev–Trinajstić information content (AvgIpc) is 3.00. The van der Waals surface area contributed by atoms with E-state index in [1.807, 2.05) is 18.2 Å². The summed E-state index contributed by atoms with van der Waals surface area (Å²) in [5.41, 5.74) is 0.628. The van der Waals surface area contributed by atoms with Crippen molar-refractivity contribution in [2.24, 2.45) is 0 Å². The van der Waals surface area contributed by atoms with Crippen LogP contribution in [0.2, 0.25) is 0 Å². The smallest absolute Gasteiger partial charge is 0.287 e. The van der Waals surface area contributed by atoms with E-state index in [-0.39, 0.29) is 11.7 Å². The second-order valence-electron chi connectivity index (χ2n) is 5.05. The molecule has 0 aliphatic heterocycles. The Balaban J connectivity index is 1.65. The summed E-state index contributed by atoms with van der Waals surface area (Å²) in [6.07, 6.45) is 1.58. The molecule has 6 nitrogen and oxygen atoms in total. The Morgan fingerprint density at radius 3 is 2.65 bits per heavy atom. The summed E-state index contributed by atoms with van der Waals surface area (Å²) < 4.78 is 5.47. The lowest BCUT2D eigenvalue weighted by Crippen LogP contribution is -2.41. The summed E-state index contributed by atoms with van der Waals surface area (Å²) in [4.78, 5) is 28.2. The Morgan fingerprint density at radius 2 is 1.91 bits per heavy atom. The molecular weight excluding hydrogens is 294 g/mol. The fourth-order valence-electron chi connectivity index (χ4n) is 2.10. The third-order valence-electron chi connectivity index (χ3n) is 3.31. The van der Waals surface area contributed by atoms with Gasteiger partial charge in [-0.3, -0.25) is 9.59 Å². The van der Waals surface area contributed by atoms with Crippen LogP contribution in [0.4, 0.5) is 5.82 Å². The predicted octanol–water partition coefficient (Wildman–Crippen LogP) is 2.58. The van der Waals surface area contributed by atoms with Gasteiger partial charge in [-0.15, -0.1) is 0 Å². The van der Waals surface area contributed by atoms with Crippen LogP contribution in [0.15, 0.2) is 59.1 Å². The Kier molecular flexibility index (Phi) is 4.05. The van der Waals surface area contributed by atoms with Gasteiger partial charge in [0.2, 0.25) is 5.91 Å². The van der Waals surface area contributed by atoms with Crippen molar-refractivity contribution in [3.63, 3.8) is 0 Å². The maximum atomic E-state index is 12.2. The maximum Gasteiger partial charge on any atom is 0.287 e. The SMILES string of the molecule is C[C@H](NC(=O)c1cc2ccccc2o1)C(=O)Nc1ccccn1. The molecular formula is C17H15N3O3. The molecule has 3 aromatic rings. The number of fused-ring (bicyclic) bond motifs is 1. The number of hydrogen-bond donors (Lipinski definition) is 2. The lowest BCUT2D eigenvalue weighted by atomic mass is 10.2. The fourth-order valence-corrected chi connectivity index (χ4v) is 2.10. The van der Waals surface area contributed by atoms with Gasteiger partial charge in [-0.25, -0.2) is 4.98 Å². The van der Waals surface area contributed by atoms with Gasteiger partial charge < -0.3 is 15.1 Å². The first kappa shape index (κ1) is 14.8. The molecule has 2 N–H and O–H groups in total. The number of para-hydroxylation sites is 1. The molecule has 0 fully saturated rings. The van der Waals surface area contributed by atoms with Gasteiger partial charge in [-0.1, -0.05) is 24.3 Å². The predicted molar refractivity (Wildman–Crippen MR) is 86.0 cm³/mol. The van der Waals surface area contributed by atoms with Gasteiger partial charge in [0.15, 0.2) is 5.76 Å². The highest BCUT2D eigenvalue weighted by molar-refractivity contribution is 6.01. The zero-order valence-corrected chi connectivity index (χ0v) is 12.4. The number of anilines is 1. The number of carbonyl (C=O) groups excluding carboxylic acids is 2. The molecule has 23 heavy (non-hydrogen) atoms. The number of pyridine rings is 1. The number of amides is 2. The Bertz CT molecular complexity index is 809. The summed E-state index contributed by atoms with van der Waals surface area (Å²) in [5.74, 6) is -0.191. The van der Waals surface area contributed by atoms with Gasteiger partial charge in [0.1, 0.15) is 17.4 Å². The number of aromatic nitrogens is 1. The molecule has 6 heteroatoms. The lowest BCUT2D eigenvalue weighted by molar-refractivity contribution is -0.117. The summed E-state index contributed by atoms with van der Waals surface area (Å²) >= 11 is 0. The fraction of sp³-hybridized carbons (Fsp3) is 0.118. The first-order chi connectivity index (χ1) is 11.1. The van der Waals surface area contributed by atoms with E-state index in [1.165, 1.54) is 0 Å². The molecule has 0 radical (unpaired) electrons. The number of nitrogens with zero attached hydrogens (tertiary/aromatic N) is 1. The van der Waals surface area contributed by atoms with Crippen LogP contribution in [0.1, 0.15) is 17.5 Å². The number of benzene rings is 1. The van der Waals surface area contributed by atoms with Crippen LogP contribution >= 0.6 is 0 Å². The molecule has 1 atom stereocenters. The second-order valence-corrected chi connectivity index (χ2v) is 5.05. The number of rotatable bonds is 4. The van der Waals surface area contributed by atoms with E-state index in [0.717, 1.165) is 5.39 Å². The summed E-state index contributed by atoms with van der Waals surface area (Å²) in [6, 6.07) is 13.4. The van der Waals surface area contributed by atoms with E-state index >= 15 is 0 Å². The van der Waals surface area contributed by atoms with Crippen molar-refractivity contribution in [3.8, 4) is 0 Å². The van der Waals surface area contributed by atoms with Crippen LogP contribution in [0, 0.1) is 0 Å². The normalized spacial score (nSPS) is 11.9. The molecule has 0 aliphatic rings. The van der Waals surface area contributed by atoms with Crippen molar-refractivity contribution < 1.29 is 14.0 Å². The first-order valence-electron chi connectivity index (χ1n) is 7.15. The molecule has 0 unspecified atom stereocenters. The minimum Gasteiger partial charge on any atom is -0.451 e. The molecule has 0 bridgehead atoms. The second kappa shape index (κ2) is 6.31. The monoisotopic (exact) mass is 309 g/mol. The van der Waals surface area contributed by atoms with Crippen LogP contribution in [-0.4, -0.2) is 22.8 Å². The van der Waals surface area contributed by atoms with E-state index in [4.69, 9.17) is 4.42 Å². The minimum atomic E-state index is -0.724. The first-order valence-corrected chi connectivity index (χ1v) is 7.15. The van der Waals surface area contributed by atoms with Crippen molar-refractivity contribution in [2.75, 3.05) is 5.32 Å². The maximum absolute atomic E-state index is 12.2. The van der Waals surface area contributed by atoms with Crippen molar-refractivity contribution >= 4 is 28.6 Å². The Morgan fingerprint density at radius 1 is 1.13 bits per heavy atom. The molecule has 2 amide bonds. The van der Waals surface area contributed by atoms with Gasteiger partial charge >= 0.3 is 0 Å². The number of furan rings is 1. The molecule has 116 valence electrons. The lowest BCUT2D eigenvalue weighted by Gasteiger charge is -2.12. The van der Waals surface area contributed by atoms with Crippen LogP contribution in [0.5, 0.6) is 0 Å². The van der Waals surface area contributed by atoms with Crippen molar-refractivity contribution in [2.45, 2.75) is 13.0 Å². The third-order valence-corrected chi connectivity index (χ3v) is 3.31. The van der Waals surface area contributed by atoms with E-state index in [2.05, 4.69) is 15.6 Å². The Hall–Kier alpha value is -3.15. The van der Waals surface area contributed by atoms with Crippen LogP contribution in [0.3, 0.4) is 0 Å². The zero-order valence-electron chi connectivity index (χ0n) is 12.4. The third kappa shape index (κ3) is 3.37. The standard InChI is InChI=1S/C17H15N3O3/c1-11(16(21)20-15-8-4-5-9-18-15)19-17(22)14-10-12-6-2-3-7-13(12)23-14/h2-11H,1H3,(H,19,22)(H,18,20,21)/t11-/m0/s1. The van der Waals surface area contributed by atoms with Crippen LogP contribution in [-0.2, 0) is 4.79 Å². The minimum absolute atomic E-state index is 0.170. The van der Waals surface area contributed by atoms with Crippen LogP contribution < -0.4 is 10.6 Å². The molecule has 0 saturated carbocycles. The van der Waals surface area contributed by atoms with Crippen molar-refractivity contribution in [1.82, 2.24) is 10.3 Å².